The monoisotopic (exact) mass is 319 g/mol. The van der Waals surface area contributed by atoms with Crippen LogP contribution >= 0.6 is 0 Å². The third kappa shape index (κ3) is 6.38. The topological polar surface area (TPSA) is 79.5 Å². The Morgan fingerprint density at radius 1 is 1.26 bits per heavy atom. The molecule has 126 valence electrons. The van der Waals surface area contributed by atoms with E-state index in [2.05, 4.69) is 16.0 Å². The molecule has 1 atom stereocenters. The molecule has 1 saturated heterocycles. The van der Waals surface area contributed by atoms with E-state index in [-0.39, 0.29) is 23.9 Å². The summed E-state index contributed by atoms with van der Waals surface area (Å²) in [7, 11) is 0. The second-order valence-corrected chi connectivity index (χ2v) is 6.07. The van der Waals surface area contributed by atoms with Gasteiger partial charge in [-0.2, -0.15) is 0 Å². The van der Waals surface area contributed by atoms with Gasteiger partial charge in [-0.05, 0) is 31.5 Å². The first kappa shape index (κ1) is 17.4. The Morgan fingerprint density at radius 2 is 2.00 bits per heavy atom. The van der Waals surface area contributed by atoms with Crippen molar-refractivity contribution in [2.45, 2.75) is 38.8 Å². The highest BCUT2D eigenvalue weighted by Crippen LogP contribution is 2.11. The van der Waals surface area contributed by atoms with Crippen LogP contribution in [0.4, 0.5) is 5.69 Å². The Balaban J connectivity index is 1.79. The number of anilines is 1. The van der Waals surface area contributed by atoms with Crippen LogP contribution in [-0.2, 0) is 20.7 Å². The molecule has 1 unspecified atom stereocenters. The quantitative estimate of drug-likeness (QED) is 0.733. The summed E-state index contributed by atoms with van der Waals surface area (Å²) in [5.74, 6) is -0.0431. The number of carbonyl (C=O) groups excluding carboxylic acids is 2. The zero-order valence-electron chi connectivity index (χ0n) is 13.7. The van der Waals surface area contributed by atoms with Crippen molar-refractivity contribution in [3.05, 3.63) is 29.8 Å². The van der Waals surface area contributed by atoms with Crippen LogP contribution in [0.25, 0.3) is 0 Å². The second-order valence-electron chi connectivity index (χ2n) is 6.07. The van der Waals surface area contributed by atoms with Gasteiger partial charge >= 0.3 is 0 Å². The van der Waals surface area contributed by atoms with Gasteiger partial charge in [0.1, 0.15) is 0 Å². The van der Waals surface area contributed by atoms with Gasteiger partial charge in [0.2, 0.25) is 11.8 Å². The molecular formula is C17H25N3O3. The van der Waals surface area contributed by atoms with Crippen LogP contribution in [0, 0.1) is 0 Å². The van der Waals surface area contributed by atoms with E-state index in [1.165, 1.54) is 0 Å². The van der Waals surface area contributed by atoms with Gasteiger partial charge in [0.25, 0.3) is 0 Å². The van der Waals surface area contributed by atoms with E-state index in [0.717, 1.165) is 17.8 Å². The molecule has 6 heteroatoms. The summed E-state index contributed by atoms with van der Waals surface area (Å²) in [4.78, 5) is 23.7. The second kappa shape index (κ2) is 8.64. The lowest BCUT2D eigenvalue weighted by Crippen LogP contribution is -2.43. The number of morpholine rings is 1. The minimum Gasteiger partial charge on any atom is -0.378 e. The highest BCUT2D eigenvalue weighted by atomic mass is 16.5. The number of hydrogen-bond acceptors (Lipinski definition) is 4. The predicted octanol–water partition coefficient (Wildman–Crippen LogP) is 1.07. The van der Waals surface area contributed by atoms with Gasteiger partial charge in [0.05, 0.1) is 19.6 Å². The van der Waals surface area contributed by atoms with E-state index in [1.54, 1.807) is 0 Å². The third-order valence-electron chi connectivity index (χ3n) is 3.48. The maximum atomic E-state index is 12.0. The standard InChI is InChI=1S/C17H25N3O3/c1-12(2)19-16(21)9-13-3-5-14(6-4-13)20-17(22)10-15-11-23-8-7-18-15/h3-6,12,15,18H,7-11H2,1-2H3,(H,19,21)(H,20,22). The SMILES string of the molecule is CC(C)NC(=O)Cc1ccc(NC(=O)CC2COCCN2)cc1. The molecule has 2 amide bonds. The summed E-state index contributed by atoms with van der Waals surface area (Å²) in [6.07, 6.45) is 0.730. The molecule has 0 spiro atoms. The van der Waals surface area contributed by atoms with Crippen LogP contribution in [0.2, 0.25) is 0 Å². The number of ether oxygens (including phenoxy) is 1. The lowest BCUT2D eigenvalue weighted by Gasteiger charge is -2.23. The number of benzene rings is 1. The maximum Gasteiger partial charge on any atom is 0.226 e. The van der Waals surface area contributed by atoms with E-state index < -0.39 is 0 Å². The molecule has 1 heterocycles. The predicted molar refractivity (Wildman–Crippen MR) is 89.3 cm³/mol. The normalized spacial score (nSPS) is 17.8. The number of nitrogens with one attached hydrogen (secondary N) is 3. The fraction of sp³-hybridized carbons (Fsp3) is 0.529. The van der Waals surface area contributed by atoms with E-state index in [9.17, 15) is 9.59 Å². The number of carbonyl (C=O) groups is 2. The Kier molecular flexibility index (Phi) is 6.55. The van der Waals surface area contributed by atoms with Gasteiger partial charge < -0.3 is 20.7 Å². The molecule has 0 saturated carbocycles. The molecule has 3 N–H and O–H groups in total. The first-order valence-corrected chi connectivity index (χ1v) is 8.02. The van der Waals surface area contributed by atoms with E-state index in [0.29, 0.717) is 26.1 Å². The Bertz CT molecular complexity index is 522. The van der Waals surface area contributed by atoms with E-state index in [4.69, 9.17) is 4.74 Å². The maximum absolute atomic E-state index is 12.0. The number of rotatable bonds is 6. The molecule has 0 aliphatic carbocycles. The molecule has 1 fully saturated rings. The average Bonchev–Trinajstić information content (AvgIpc) is 2.49. The largest absolute Gasteiger partial charge is 0.378 e. The number of amides is 2. The van der Waals surface area contributed by atoms with Crippen LogP contribution in [0.15, 0.2) is 24.3 Å². The zero-order valence-corrected chi connectivity index (χ0v) is 13.7. The van der Waals surface area contributed by atoms with Crippen molar-refractivity contribution in [2.75, 3.05) is 25.1 Å². The van der Waals surface area contributed by atoms with E-state index in [1.807, 2.05) is 38.1 Å². The average molecular weight is 319 g/mol. The highest BCUT2D eigenvalue weighted by molar-refractivity contribution is 5.91. The number of hydrogen-bond donors (Lipinski definition) is 3. The zero-order chi connectivity index (χ0) is 16.7. The molecule has 0 bridgehead atoms. The summed E-state index contributed by atoms with van der Waals surface area (Å²) in [6.45, 7) is 5.91. The molecule has 1 aromatic rings. The van der Waals surface area contributed by atoms with Crippen molar-refractivity contribution < 1.29 is 14.3 Å². The molecule has 0 radical (unpaired) electrons. The summed E-state index contributed by atoms with van der Waals surface area (Å²) in [6, 6.07) is 7.57. The minimum atomic E-state index is -0.0432. The van der Waals surface area contributed by atoms with Crippen LogP contribution in [0.5, 0.6) is 0 Å². The first-order chi connectivity index (χ1) is 11.0. The fourth-order valence-corrected chi connectivity index (χ4v) is 2.45. The van der Waals surface area contributed by atoms with Crippen molar-refractivity contribution in [1.82, 2.24) is 10.6 Å². The van der Waals surface area contributed by atoms with E-state index >= 15 is 0 Å². The molecule has 1 aliphatic heterocycles. The Labute approximate surface area is 137 Å². The molecular weight excluding hydrogens is 294 g/mol. The molecule has 1 aromatic carbocycles. The third-order valence-corrected chi connectivity index (χ3v) is 3.48. The van der Waals surface area contributed by atoms with Gasteiger partial charge in [-0.15, -0.1) is 0 Å². The summed E-state index contributed by atoms with van der Waals surface area (Å²) >= 11 is 0. The first-order valence-electron chi connectivity index (χ1n) is 8.02. The van der Waals surface area contributed by atoms with Crippen LogP contribution in [0.3, 0.4) is 0 Å². The molecule has 23 heavy (non-hydrogen) atoms. The van der Waals surface area contributed by atoms with Crippen LogP contribution in [-0.4, -0.2) is 43.7 Å². The van der Waals surface area contributed by atoms with Crippen LogP contribution in [0.1, 0.15) is 25.8 Å². The Hall–Kier alpha value is -1.92. The molecule has 1 aliphatic rings. The van der Waals surface area contributed by atoms with Gasteiger partial charge in [0.15, 0.2) is 0 Å². The van der Waals surface area contributed by atoms with Gasteiger partial charge in [-0.1, -0.05) is 12.1 Å². The van der Waals surface area contributed by atoms with Crippen molar-refractivity contribution in [2.24, 2.45) is 0 Å². The van der Waals surface area contributed by atoms with Gasteiger partial charge in [-0.25, -0.2) is 0 Å². The summed E-state index contributed by atoms with van der Waals surface area (Å²) < 4.78 is 5.33. The highest BCUT2D eigenvalue weighted by Gasteiger charge is 2.16. The van der Waals surface area contributed by atoms with Crippen molar-refractivity contribution in [3.63, 3.8) is 0 Å². The summed E-state index contributed by atoms with van der Waals surface area (Å²) in [5.41, 5.74) is 1.66. The van der Waals surface area contributed by atoms with Crippen molar-refractivity contribution >= 4 is 17.5 Å². The van der Waals surface area contributed by atoms with Gasteiger partial charge in [0, 0.05) is 30.7 Å². The fourth-order valence-electron chi connectivity index (χ4n) is 2.45. The molecule has 6 nitrogen and oxygen atoms in total. The lowest BCUT2D eigenvalue weighted by molar-refractivity contribution is -0.121. The van der Waals surface area contributed by atoms with Crippen LogP contribution < -0.4 is 16.0 Å². The van der Waals surface area contributed by atoms with Crippen molar-refractivity contribution in [1.29, 1.82) is 0 Å². The molecule has 2 rings (SSSR count). The van der Waals surface area contributed by atoms with Crippen molar-refractivity contribution in [3.8, 4) is 0 Å². The van der Waals surface area contributed by atoms with Gasteiger partial charge in [-0.3, -0.25) is 9.59 Å². The Morgan fingerprint density at radius 3 is 2.61 bits per heavy atom. The smallest absolute Gasteiger partial charge is 0.226 e. The molecule has 0 aromatic heterocycles. The lowest BCUT2D eigenvalue weighted by atomic mass is 10.1. The minimum absolute atomic E-state index is 0.000147. The summed E-state index contributed by atoms with van der Waals surface area (Å²) in [5, 5.41) is 8.97.